The highest BCUT2D eigenvalue weighted by Crippen LogP contribution is 2.31. The standard InChI is InChI=1S/C20H19N7O2S/c1-11-9-26(15-13(16(28)17(15)29)23-12-5-3-2-4-6-12)7-8-27(11)18-14-19(30-10-22-14)25-20(21)24-18/h2-6,10-11,23H,7-9H2,1H3,(H2,21,24,25)/t11-/m0/s1. The van der Waals surface area contributed by atoms with Gasteiger partial charge in [-0.15, -0.1) is 11.3 Å². The molecule has 1 saturated heterocycles. The van der Waals surface area contributed by atoms with E-state index < -0.39 is 10.9 Å². The van der Waals surface area contributed by atoms with E-state index >= 15 is 0 Å². The highest BCUT2D eigenvalue weighted by molar-refractivity contribution is 7.16. The van der Waals surface area contributed by atoms with Crippen molar-refractivity contribution < 1.29 is 0 Å². The molecule has 152 valence electrons. The molecule has 1 fully saturated rings. The maximum absolute atomic E-state index is 12.4. The Balaban J connectivity index is 1.41. The molecule has 0 radical (unpaired) electrons. The first-order chi connectivity index (χ1) is 14.5. The van der Waals surface area contributed by atoms with Gasteiger partial charge in [-0.1, -0.05) is 18.2 Å². The molecule has 0 spiro atoms. The van der Waals surface area contributed by atoms with Crippen LogP contribution >= 0.6 is 11.3 Å². The van der Waals surface area contributed by atoms with Gasteiger partial charge in [-0.05, 0) is 19.1 Å². The summed E-state index contributed by atoms with van der Waals surface area (Å²) < 4.78 is 0. The van der Waals surface area contributed by atoms with Crippen molar-refractivity contribution in [3.8, 4) is 0 Å². The monoisotopic (exact) mass is 421 g/mol. The number of aromatic nitrogens is 3. The topological polar surface area (TPSA) is 117 Å². The van der Waals surface area contributed by atoms with Crippen molar-refractivity contribution >= 4 is 50.5 Å². The minimum Gasteiger partial charge on any atom is -0.368 e. The number of hydrogen-bond donors (Lipinski definition) is 2. The SMILES string of the molecule is C[C@H]1CN(c2c(Nc3ccccc3)c(=O)c2=O)CCN1c1nc(N)nc2scnc12. The minimum absolute atomic E-state index is 0.0342. The third kappa shape index (κ3) is 2.96. The van der Waals surface area contributed by atoms with Crippen LogP contribution < -0.4 is 31.7 Å². The molecule has 0 bridgehead atoms. The summed E-state index contributed by atoms with van der Waals surface area (Å²) in [6.45, 7) is 3.82. The third-order valence-corrected chi connectivity index (χ3v) is 6.06. The Morgan fingerprint density at radius 1 is 1.13 bits per heavy atom. The summed E-state index contributed by atoms with van der Waals surface area (Å²) in [7, 11) is 0. The van der Waals surface area contributed by atoms with Gasteiger partial charge in [0, 0.05) is 31.4 Å². The van der Waals surface area contributed by atoms with E-state index in [4.69, 9.17) is 5.73 Å². The lowest BCUT2D eigenvalue weighted by atomic mass is 10.1. The molecule has 2 aromatic heterocycles. The molecule has 3 N–H and O–H groups in total. The lowest BCUT2D eigenvalue weighted by Gasteiger charge is -2.42. The summed E-state index contributed by atoms with van der Waals surface area (Å²) in [6.07, 6.45) is 0. The van der Waals surface area contributed by atoms with E-state index in [1.807, 2.05) is 35.2 Å². The van der Waals surface area contributed by atoms with Crippen molar-refractivity contribution in [2.24, 2.45) is 0 Å². The summed E-state index contributed by atoms with van der Waals surface area (Å²) in [4.78, 5) is 42.5. The Kier molecular flexibility index (Phi) is 4.35. The molecule has 2 aromatic carbocycles. The molecule has 5 rings (SSSR count). The van der Waals surface area contributed by atoms with Gasteiger partial charge in [-0.3, -0.25) is 9.59 Å². The summed E-state index contributed by atoms with van der Waals surface area (Å²) in [5.41, 5.74) is 9.03. The maximum atomic E-state index is 12.4. The molecule has 30 heavy (non-hydrogen) atoms. The molecule has 1 aliphatic heterocycles. The number of piperazine rings is 1. The molecule has 4 aromatic rings. The van der Waals surface area contributed by atoms with Gasteiger partial charge in [0.2, 0.25) is 5.95 Å². The molecule has 0 saturated carbocycles. The molecule has 10 heteroatoms. The second-order valence-corrected chi connectivity index (χ2v) is 8.11. The van der Waals surface area contributed by atoms with Crippen molar-refractivity contribution in [1.29, 1.82) is 0 Å². The van der Waals surface area contributed by atoms with Gasteiger partial charge in [0.15, 0.2) is 10.6 Å². The van der Waals surface area contributed by atoms with E-state index in [9.17, 15) is 9.59 Å². The number of para-hydroxylation sites is 1. The Bertz CT molecular complexity index is 1300. The Morgan fingerprint density at radius 3 is 2.70 bits per heavy atom. The molecule has 0 amide bonds. The van der Waals surface area contributed by atoms with Crippen LogP contribution in [0.3, 0.4) is 0 Å². The minimum atomic E-state index is -0.475. The Morgan fingerprint density at radius 2 is 1.93 bits per heavy atom. The number of nitrogens with two attached hydrogens (primary N) is 1. The van der Waals surface area contributed by atoms with Crippen molar-refractivity contribution in [2.75, 3.05) is 40.5 Å². The van der Waals surface area contributed by atoms with E-state index in [1.54, 1.807) is 5.51 Å². The molecule has 0 aliphatic carbocycles. The van der Waals surface area contributed by atoms with Gasteiger partial charge in [0.05, 0.1) is 5.51 Å². The molecular weight excluding hydrogens is 402 g/mol. The number of hydrogen-bond acceptors (Lipinski definition) is 10. The first kappa shape index (κ1) is 18.5. The average molecular weight is 421 g/mol. The number of fused-ring (bicyclic) bond motifs is 1. The zero-order chi connectivity index (χ0) is 20.8. The lowest BCUT2D eigenvalue weighted by molar-refractivity contribution is 0.546. The number of nitrogens with one attached hydrogen (secondary N) is 1. The van der Waals surface area contributed by atoms with Crippen molar-refractivity contribution in [3.05, 3.63) is 56.3 Å². The summed E-state index contributed by atoms with van der Waals surface area (Å²) in [5, 5.41) is 3.10. The third-order valence-electron chi connectivity index (χ3n) is 5.34. The summed E-state index contributed by atoms with van der Waals surface area (Å²) in [6, 6.07) is 9.41. The van der Waals surface area contributed by atoms with Crippen LogP contribution in [0, 0.1) is 0 Å². The largest absolute Gasteiger partial charge is 0.368 e. The van der Waals surface area contributed by atoms with Crippen LogP contribution in [-0.2, 0) is 0 Å². The lowest BCUT2D eigenvalue weighted by Crippen LogP contribution is -2.55. The van der Waals surface area contributed by atoms with Gasteiger partial charge >= 0.3 is 0 Å². The molecule has 1 aliphatic rings. The van der Waals surface area contributed by atoms with Gasteiger partial charge in [-0.2, -0.15) is 4.98 Å². The van der Waals surface area contributed by atoms with Crippen molar-refractivity contribution in [3.63, 3.8) is 0 Å². The second-order valence-electron chi connectivity index (χ2n) is 7.27. The van der Waals surface area contributed by atoms with Gasteiger partial charge in [-0.25, -0.2) is 9.97 Å². The van der Waals surface area contributed by atoms with Gasteiger partial charge < -0.3 is 20.9 Å². The number of nitrogen functional groups attached to an aromatic ring is 1. The van der Waals surface area contributed by atoms with Gasteiger partial charge in [0.25, 0.3) is 10.9 Å². The van der Waals surface area contributed by atoms with Crippen LogP contribution in [-0.4, -0.2) is 40.6 Å². The number of rotatable bonds is 4. The van der Waals surface area contributed by atoms with E-state index in [-0.39, 0.29) is 12.0 Å². The zero-order valence-electron chi connectivity index (χ0n) is 16.2. The van der Waals surface area contributed by atoms with Crippen molar-refractivity contribution in [2.45, 2.75) is 13.0 Å². The van der Waals surface area contributed by atoms with E-state index in [0.29, 0.717) is 36.8 Å². The van der Waals surface area contributed by atoms with Crippen LogP contribution in [0.5, 0.6) is 0 Å². The second kappa shape index (κ2) is 7.06. The Hall–Kier alpha value is -3.53. The van der Waals surface area contributed by atoms with Crippen LogP contribution in [0.4, 0.5) is 28.8 Å². The number of thiazole rings is 1. The van der Waals surface area contributed by atoms with Crippen LogP contribution in [0.25, 0.3) is 10.3 Å². The molecule has 9 nitrogen and oxygen atoms in total. The summed E-state index contributed by atoms with van der Waals surface area (Å²) in [5.74, 6) is 0.923. The molecule has 3 heterocycles. The van der Waals surface area contributed by atoms with E-state index in [0.717, 1.165) is 16.0 Å². The maximum Gasteiger partial charge on any atom is 0.253 e. The van der Waals surface area contributed by atoms with Crippen molar-refractivity contribution in [1.82, 2.24) is 15.0 Å². The fraction of sp³-hybridized carbons (Fsp3) is 0.250. The predicted octanol–water partition coefficient (Wildman–Crippen LogP) is 1.72. The quantitative estimate of drug-likeness (QED) is 0.475. The van der Waals surface area contributed by atoms with Crippen LogP contribution in [0.1, 0.15) is 6.92 Å². The fourth-order valence-electron chi connectivity index (χ4n) is 3.90. The summed E-state index contributed by atoms with van der Waals surface area (Å²) >= 11 is 1.42. The molecule has 0 unspecified atom stereocenters. The Labute approximate surface area is 175 Å². The smallest absolute Gasteiger partial charge is 0.253 e. The first-order valence-electron chi connectivity index (χ1n) is 9.56. The molecular formula is C20H19N7O2S. The molecule has 1 atom stereocenters. The average Bonchev–Trinajstić information content (AvgIpc) is 3.22. The number of benzene rings is 1. The van der Waals surface area contributed by atoms with Gasteiger partial charge in [0.1, 0.15) is 16.9 Å². The first-order valence-corrected chi connectivity index (χ1v) is 10.4. The highest BCUT2D eigenvalue weighted by atomic mass is 32.1. The van der Waals surface area contributed by atoms with E-state index in [2.05, 4.69) is 32.1 Å². The number of nitrogens with zero attached hydrogens (tertiary/aromatic N) is 5. The van der Waals surface area contributed by atoms with E-state index in [1.165, 1.54) is 11.3 Å². The van der Waals surface area contributed by atoms with Crippen LogP contribution in [0.2, 0.25) is 0 Å². The predicted molar refractivity (Wildman–Crippen MR) is 120 cm³/mol. The fourth-order valence-corrected chi connectivity index (χ4v) is 4.56. The highest BCUT2D eigenvalue weighted by Gasteiger charge is 2.33. The normalized spacial score (nSPS) is 17.0. The zero-order valence-corrected chi connectivity index (χ0v) is 17.0. The van der Waals surface area contributed by atoms with Crippen LogP contribution in [0.15, 0.2) is 45.4 Å². The number of anilines is 5.